The van der Waals surface area contributed by atoms with Crippen molar-refractivity contribution in [1.29, 1.82) is 0 Å². The van der Waals surface area contributed by atoms with Crippen LogP contribution in [-0.2, 0) is 6.54 Å². The first kappa shape index (κ1) is 20.1. The van der Waals surface area contributed by atoms with Crippen molar-refractivity contribution in [1.82, 2.24) is 24.9 Å². The molecule has 2 aromatic rings. The zero-order valence-corrected chi connectivity index (χ0v) is 16.9. The molecule has 3 rings (SSSR count). The quantitative estimate of drug-likeness (QED) is 0.830. The maximum Gasteiger partial charge on any atom is 0.274 e. The Hall–Kier alpha value is -2.67. The summed E-state index contributed by atoms with van der Waals surface area (Å²) in [7, 11) is 3.46. The van der Waals surface area contributed by atoms with Crippen molar-refractivity contribution < 1.29 is 9.59 Å². The first-order chi connectivity index (χ1) is 13.5. The molecule has 2 amide bonds. The van der Waals surface area contributed by atoms with Gasteiger partial charge in [0, 0.05) is 45.5 Å². The second kappa shape index (κ2) is 9.01. The topological polar surface area (TPSA) is 70.5 Å². The van der Waals surface area contributed by atoms with Crippen molar-refractivity contribution in [2.45, 2.75) is 32.4 Å². The van der Waals surface area contributed by atoms with Gasteiger partial charge in [-0.15, -0.1) is 0 Å². The Labute approximate surface area is 166 Å². The molecule has 7 nitrogen and oxygen atoms in total. The lowest BCUT2D eigenvalue weighted by Crippen LogP contribution is -2.33. The summed E-state index contributed by atoms with van der Waals surface area (Å²) in [5, 5.41) is 7.91. The number of amides is 2. The van der Waals surface area contributed by atoms with Gasteiger partial charge in [0.25, 0.3) is 11.8 Å². The van der Waals surface area contributed by atoms with E-state index < -0.39 is 0 Å². The van der Waals surface area contributed by atoms with Crippen molar-refractivity contribution in [2.75, 3.05) is 33.7 Å². The summed E-state index contributed by atoms with van der Waals surface area (Å²) in [6.45, 7) is 4.99. The predicted molar refractivity (Wildman–Crippen MR) is 108 cm³/mol. The van der Waals surface area contributed by atoms with Crippen LogP contribution in [0.5, 0.6) is 0 Å². The van der Waals surface area contributed by atoms with E-state index >= 15 is 0 Å². The molecule has 1 unspecified atom stereocenters. The molecule has 0 saturated carbocycles. The first-order valence-corrected chi connectivity index (χ1v) is 9.85. The molecule has 2 heterocycles. The van der Waals surface area contributed by atoms with Crippen LogP contribution in [0.2, 0.25) is 0 Å². The fourth-order valence-corrected chi connectivity index (χ4v) is 3.44. The normalized spacial score (nSPS) is 16.6. The summed E-state index contributed by atoms with van der Waals surface area (Å²) >= 11 is 0. The first-order valence-electron chi connectivity index (χ1n) is 9.85. The van der Waals surface area contributed by atoms with Crippen molar-refractivity contribution in [3.63, 3.8) is 0 Å². The molecule has 1 aliphatic rings. The smallest absolute Gasteiger partial charge is 0.274 e. The Balaban J connectivity index is 1.67. The van der Waals surface area contributed by atoms with Crippen molar-refractivity contribution in [3.8, 4) is 0 Å². The maximum atomic E-state index is 12.9. The van der Waals surface area contributed by atoms with Crippen LogP contribution in [-0.4, -0.2) is 65.1 Å². The molecule has 1 aromatic carbocycles. The lowest BCUT2D eigenvalue weighted by atomic mass is 10.1. The summed E-state index contributed by atoms with van der Waals surface area (Å²) in [4.78, 5) is 28.2. The number of hydrogen-bond donors (Lipinski definition) is 1. The molecule has 150 valence electrons. The highest BCUT2D eigenvalue weighted by atomic mass is 16.2. The van der Waals surface area contributed by atoms with E-state index in [0.717, 1.165) is 31.5 Å². The van der Waals surface area contributed by atoms with Gasteiger partial charge >= 0.3 is 0 Å². The van der Waals surface area contributed by atoms with Crippen LogP contribution >= 0.6 is 0 Å². The standard InChI is InChI=1S/C21H29N5O2/c1-4-25(15-16-7-9-17(10-8-16)20(27)24(2)3)21(28)19-11-13-26(23-19)18-6-5-12-22-14-18/h7-11,13,18,22H,4-6,12,14-15H2,1-3H3. The number of carbonyl (C=O) groups excluding carboxylic acids is 2. The van der Waals surface area contributed by atoms with Crippen LogP contribution in [0.1, 0.15) is 52.2 Å². The Morgan fingerprint density at radius 2 is 1.93 bits per heavy atom. The third-order valence-electron chi connectivity index (χ3n) is 5.12. The van der Waals surface area contributed by atoms with Gasteiger partial charge in [-0.1, -0.05) is 12.1 Å². The summed E-state index contributed by atoms with van der Waals surface area (Å²) in [5.41, 5.74) is 2.11. The molecule has 7 heteroatoms. The van der Waals surface area contributed by atoms with Crippen molar-refractivity contribution >= 4 is 11.8 Å². The van der Waals surface area contributed by atoms with Crippen LogP contribution in [0.3, 0.4) is 0 Å². The largest absolute Gasteiger partial charge is 0.345 e. The number of aromatic nitrogens is 2. The number of carbonyl (C=O) groups is 2. The van der Waals surface area contributed by atoms with Gasteiger partial charge in [0.2, 0.25) is 0 Å². The number of benzene rings is 1. The van der Waals surface area contributed by atoms with E-state index in [1.165, 1.54) is 0 Å². The van der Waals surface area contributed by atoms with Gasteiger partial charge in [-0.25, -0.2) is 0 Å². The summed E-state index contributed by atoms with van der Waals surface area (Å²) < 4.78 is 1.91. The number of piperidine rings is 1. The van der Waals surface area contributed by atoms with Crippen molar-refractivity contribution in [3.05, 3.63) is 53.3 Å². The number of nitrogens with one attached hydrogen (secondary N) is 1. The van der Waals surface area contributed by atoms with E-state index in [4.69, 9.17) is 0 Å². The zero-order chi connectivity index (χ0) is 20.1. The van der Waals surface area contributed by atoms with Gasteiger partial charge in [-0.05, 0) is 50.1 Å². The minimum Gasteiger partial charge on any atom is -0.345 e. The zero-order valence-electron chi connectivity index (χ0n) is 16.9. The van der Waals surface area contributed by atoms with Gasteiger partial charge < -0.3 is 15.1 Å². The SMILES string of the molecule is CCN(Cc1ccc(C(=O)N(C)C)cc1)C(=O)c1ccn(C2CCCNC2)n1. The van der Waals surface area contributed by atoms with Crippen LogP contribution in [0.25, 0.3) is 0 Å². The average molecular weight is 383 g/mol. The molecule has 0 radical (unpaired) electrons. The van der Waals surface area contributed by atoms with Crippen LogP contribution in [0.4, 0.5) is 0 Å². The Kier molecular flexibility index (Phi) is 6.46. The van der Waals surface area contributed by atoms with Gasteiger partial charge in [-0.3, -0.25) is 14.3 Å². The average Bonchev–Trinajstić information content (AvgIpc) is 3.22. The molecule has 0 bridgehead atoms. The fourth-order valence-electron chi connectivity index (χ4n) is 3.44. The molecule has 1 N–H and O–H groups in total. The summed E-state index contributed by atoms with van der Waals surface area (Å²) in [6, 6.07) is 9.53. The second-order valence-electron chi connectivity index (χ2n) is 7.40. The highest BCUT2D eigenvalue weighted by molar-refractivity contribution is 5.94. The number of rotatable bonds is 6. The predicted octanol–water partition coefficient (Wildman–Crippen LogP) is 2.17. The molecular formula is C21H29N5O2. The third kappa shape index (κ3) is 4.59. The molecule has 1 aliphatic heterocycles. The molecule has 0 spiro atoms. The van der Waals surface area contributed by atoms with E-state index in [9.17, 15) is 9.59 Å². The Morgan fingerprint density at radius 1 is 1.18 bits per heavy atom. The fraction of sp³-hybridized carbons (Fsp3) is 0.476. The van der Waals surface area contributed by atoms with E-state index in [2.05, 4.69) is 10.4 Å². The van der Waals surface area contributed by atoms with Gasteiger partial charge in [0.15, 0.2) is 0 Å². The summed E-state index contributed by atoms with van der Waals surface area (Å²) in [6.07, 6.45) is 4.11. The van der Waals surface area contributed by atoms with Crippen molar-refractivity contribution in [2.24, 2.45) is 0 Å². The summed E-state index contributed by atoms with van der Waals surface area (Å²) in [5.74, 6) is -0.101. The molecule has 28 heavy (non-hydrogen) atoms. The molecular weight excluding hydrogens is 354 g/mol. The minimum absolute atomic E-state index is 0.0299. The Bertz CT molecular complexity index is 806. The second-order valence-corrected chi connectivity index (χ2v) is 7.40. The molecule has 0 aliphatic carbocycles. The highest BCUT2D eigenvalue weighted by Crippen LogP contribution is 2.17. The molecule has 1 saturated heterocycles. The van der Waals surface area contributed by atoms with E-state index in [0.29, 0.717) is 30.4 Å². The third-order valence-corrected chi connectivity index (χ3v) is 5.12. The van der Waals surface area contributed by atoms with Gasteiger partial charge in [0.05, 0.1) is 6.04 Å². The van der Waals surface area contributed by atoms with Gasteiger partial charge in [-0.2, -0.15) is 5.10 Å². The minimum atomic E-state index is -0.0709. The molecule has 1 fully saturated rings. The molecule has 1 aromatic heterocycles. The van der Waals surface area contributed by atoms with Crippen LogP contribution < -0.4 is 5.32 Å². The van der Waals surface area contributed by atoms with Gasteiger partial charge in [0.1, 0.15) is 5.69 Å². The highest BCUT2D eigenvalue weighted by Gasteiger charge is 2.21. The lowest BCUT2D eigenvalue weighted by molar-refractivity contribution is 0.0744. The van der Waals surface area contributed by atoms with E-state index in [1.54, 1.807) is 42.1 Å². The molecule has 1 atom stereocenters. The van der Waals surface area contributed by atoms with E-state index in [1.807, 2.05) is 29.9 Å². The van der Waals surface area contributed by atoms with Crippen LogP contribution in [0, 0.1) is 0 Å². The van der Waals surface area contributed by atoms with E-state index in [-0.39, 0.29) is 11.8 Å². The Morgan fingerprint density at radius 3 is 2.54 bits per heavy atom. The monoisotopic (exact) mass is 383 g/mol. The van der Waals surface area contributed by atoms with Crippen LogP contribution in [0.15, 0.2) is 36.5 Å². The lowest BCUT2D eigenvalue weighted by Gasteiger charge is -2.23. The number of nitrogens with zero attached hydrogens (tertiary/aromatic N) is 4. The maximum absolute atomic E-state index is 12.9. The number of hydrogen-bond acceptors (Lipinski definition) is 4.